The van der Waals surface area contributed by atoms with Crippen LogP contribution in [0.25, 0.3) is 0 Å². The van der Waals surface area contributed by atoms with Crippen molar-refractivity contribution in [1.29, 1.82) is 0 Å². The van der Waals surface area contributed by atoms with E-state index in [4.69, 9.17) is 14.7 Å². The minimum absolute atomic E-state index is 0.0826. The van der Waals surface area contributed by atoms with Crippen molar-refractivity contribution >= 4 is 11.7 Å². The molecule has 7 heteroatoms. The molecule has 1 N–H and O–H groups in total. The second-order valence-corrected chi connectivity index (χ2v) is 10.4. The molecule has 2 fully saturated rings. The highest BCUT2D eigenvalue weighted by Crippen LogP contribution is 2.31. The first-order valence-electron chi connectivity index (χ1n) is 11.8. The number of methoxy groups -OCH3 is 1. The van der Waals surface area contributed by atoms with E-state index in [1.807, 2.05) is 0 Å². The lowest BCUT2D eigenvalue weighted by Crippen LogP contribution is -2.53. The smallest absolute Gasteiger partial charge is 0.217 e. The van der Waals surface area contributed by atoms with Gasteiger partial charge in [0.15, 0.2) is 0 Å². The van der Waals surface area contributed by atoms with E-state index in [0.29, 0.717) is 18.7 Å². The molecule has 0 spiro atoms. The number of amides is 1. The van der Waals surface area contributed by atoms with Crippen molar-refractivity contribution in [3.63, 3.8) is 0 Å². The minimum Gasteiger partial charge on any atom is -0.384 e. The molecule has 0 radical (unpaired) electrons. The van der Waals surface area contributed by atoms with Gasteiger partial charge in [0.25, 0.3) is 0 Å². The maximum Gasteiger partial charge on any atom is 0.217 e. The summed E-state index contributed by atoms with van der Waals surface area (Å²) in [6.45, 7) is 15.4. The molecule has 0 aromatic carbocycles. The van der Waals surface area contributed by atoms with E-state index in [1.165, 1.54) is 6.42 Å². The van der Waals surface area contributed by atoms with Gasteiger partial charge in [-0.3, -0.25) is 9.69 Å². The fourth-order valence-corrected chi connectivity index (χ4v) is 4.62. The summed E-state index contributed by atoms with van der Waals surface area (Å²) in [6.07, 6.45) is 4.31. The van der Waals surface area contributed by atoms with Crippen molar-refractivity contribution in [2.24, 2.45) is 5.92 Å². The van der Waals surface area contributed by atoms with Gasteiger partial charge in [0.2, 0.25) is 5.91 Å². The highest BCUT2D eigenvalue weighted by molar-refractivity contribution is 5.73. The van der Waals surface area contributed by atoms with E-state index < -0.39 is 0 Å². The average Bonchev–Trinajstić information content (AvgIpc) is 2.67. The molecule has 31 heavy (non-hydrogen) atoms. The van der Waals surface area contributed by atoms with Crippen molar-refractivity contribution in [2.45, 2.75) is 77.8 Å². The number of anilines is 1. The highest BCUT2D eigenvalue weighted by Gasteiger charge is 2.31. The van der Waals surface area contributed by atoms with Crippen LogP contribution in [0.2, 0.25) is 0 Å². The molecule has 1 aliphatic heterocycles. The molecule has 1 aromatic heterocycles. The van der Waals surface area contributed by atoms with Gasteiger partial charge in [-0.25, -0.2) is 9.97 Å². The highest BCUT2D eigenvalue weighted by atomic mass is 16.5. The number of ether oxygens (including phenoxy) is 1. The first kappa shape index (κ1) is 23.9. The van der Waals surface area contributed by atoms with Crippen LogP contribution in [0.15, 0.2) is 6.07 Å². The van der Waals surface area contributed by atoms with Crippen LogP contribution < -0.4 is 10.2 Å². The Kier molecular flexibility index (Phi) is 7.92. The molecule has 2 aliphatic rings. The predicted molar refractivity (Wildman–Crippen MR) is 125 cm³/mol. The minimum atomic E-state index is -0.0826. The molecule has 2 heterocycles. The maximum absolute atomic E-state index is 11.2. The summed E-state index contributed by atoms with van der Waals surface area (Å²) in [5, 5.41) is 3.03. The van der Waals surface area contributed by atoms with Gasteiger partial charge in [0.05, 0.1) is 6.61 Å². The zero-order chi connectivity index (χ0) is 22.6. The van der Waals surface area contributed by atoms with Crippen LogP contribution in [-0.4, -0.2) is 72.8 Å². The molecule has 0 unspecified atom stereocenters. The van der Waals surface area contributed by atoms with Gasteiger partial charge >= 0.3 is 0 Å². The zero-order valence-corrected chi connectivity index (χ0v) is 20.3. The van der Waals surface area contributed by atoms with Crippen LogP contribution in [0.1, 0.15) is 65.4 Å². The third-order valence-corrected chi connectivity index (χ3v) is 6.50. The number of carbonyl (C=O) groups excluding carboxylic acids is 1. The summed E-state index contributed by atoms with van der Waals surface area (Å²) in [6, 6.07) is 2.97. The quantitative estimate of drug-likeness (QED) is 0.683. The van der Waals surface area contributed by atoms with Crippen LogP contribution in [0.3, 0.4) is 0 Å². The van der Waals surface area contributed by atoms with Crippen LogP contribution in [0, 0.1) is 5.92 Å². The van der Waals surface area contributed by atoms with E-state index >= 15 is 0 Å². The lowest BCUT2D eigenvalue weighted by Gasteiger charge is -2.42. The summed E-state index contributed by atoms with van der Waals surface area (Å²) in [7, 11) is 1.73. The average molecular weight is 432 g/mol. The topological polar surface area (TPSA) is 70.6 Å². The second kappa shape index (κ2) is 10.3. The molecule has 1 saturated carbocycles. The van der Waals surface area contributed by atoms with Crippen LogP contribution >= 0.6 is 0 Å². The Morgan fingerprint density at radius 3 is 2.61 bits per heavy atom. The molecular weight excluding hydrogens is 390 g/mol. The summed E-state index contributed by atoms with van der Waals surface area (Å²) in [5.41, 5.74) is 0.978. The number of aromatic nitrogens is 2. The zero-order valence-electron chi connectivity index (χ0n) is 20.3. The van der Waals surface area contributed by atoms with Gasteiger partial charge in [-0.2, -0.15) is 0 Å². The Balaban J connectivity index is 1.56. The second-order valence-electron chi connectivity index (χ2n) is 10.4. The molecule has 7 nitrogen and oxygen atoms in total. The van der Waals surface area contributed by atoms with Gasteiger partial charge < -0.3 is 15.0 Å². The Morgan fingerprint density at radius 2 is 2.00 bits per heavy atom. The van der Waals surface area contributed by atoms with Crippen LogP contribution in [0.5, 0.6) is 0 Å². The number of hydrogen-bond acceptors (Lipinski definition) is 6. The van der Waals surface area contributed by atoms with Crippen LogP contribution in [-0.2, 0) is 21.4 Å². The summed E-state index contributed by atoms with van der Waals surface area (Å²) < 4.78 is 5.28. The first-order chi connectivity index (χ1) is 14.7. The summed E-state index contributed by atoms with van der Waals surface area (Å²) in [5.74, 6) is 2.81. The van der Waals surface area contributed by atoms with Crippen molar-refractivity contribution in [2.75, 3.05) is 44.8 Å². The third kappa shape index (κ3) is 6.62. The molecule has 1 saturated heterocycles. The monoisotopic (exact) mass is 431 g/mol. The number of hydrogen-bond donors (Lipinski definition) is 1. The number of rotatable bonds is 8. The lowest BCUT2D eigenvalue weighted by atomic mass is 9.78. The molecule has 174 valence electrons. The van der Waals surface area contributed by atoms with E-state index in [1.54, 1.807) is 14.0 Å². The largest absolute Gasteiger partial charge is 0.384 e. The van der Waals surface area contributed by atoms with Gasteiger partial charge in [-0.1, -0.05) is 20.8 Å². The molecule has 1 aliphatic carbocycles. The van der Waals surface area contributed by atoms with Crippen molar-refractivity contribution in [3.8, 4) is 0 Å². The van der Waals surface area contributed by atoms with Gasteiger partial charge in [0.1, 0.15) is 11.6 Å². The van der Waals surface area contributed by atoms with Crippen LogP contribution in [0.4, 0.5) is 5.82 Å². The molecular formula is C24H41N5O2. The SMILES string of the molecule is COCCc1cc(N2CCN(CCC3CC(NC(C)=O)C3)C[C@@H]2C)nc(C(C)(C)C)n1. The van der Waals surface area contributed by atoms with E-state index in [2.05, 4.69) is 48.9 Å². The molecule has 3 rings (SSSR count). The number of piperazine rings is 1. The Labute approximate surface area is 188 Å². The molecule has 0 bridgehead atoms. The fourth-order valence-electron chi connectivity index (χ4n) is 4.62. The fraction of sp³-hybridized carbons (Fsp3) is 0.792. The van der Waals surface area contributed by atoms with Gasteiger partial charge in [-0.05, 0) is 38.6 Å². The molecule has 1 atom stereocenters. The molecule has 1 amide bonds. The van der Waals surface area contributed by atoms with Crippen molar-refractivity contribution in [1.82, 2.24) is 20.2 Å². The lowest BCUT2D eigenvalue weighted by molar-refractivity contribution is -0.120. The van der Waals surface area contributed by atoms with E-state index in [9.17, 15) is 4.79 Å². The predicted octanol–water partition coefficient (Wildman–Crippen LogP) is 2.78. The summed E-state index contributed by atoms with van der Waals surface area (Å²) in [4.78, 5) is 26.0. The first-order valence-corrected chi connectivity index (χ1v) is 11.8. The van der Waals surface area contributed by atoms with E-state index in [-0.39, 0.29) is 11.3 Å². The number of nitrogens with one attached hydrogen (secondary N) is 1. The standard InChI is InChI=1S/C24H41N5O2/c1-17-16-28(9-7-19-13-21(14-19)25-18(2)30)10-11-29(17)22-15-20(8-12-31-6)26-23(27-22)24(3,4)5/h15,17,19,21H,7-14,16H2,1-6H3,(H,25,30)/t17-,19?,21?/m0/s1. The maximum atomic E-state index is 11.2. The summed E-state index contributed by atoms with van der Waals surface area (Å²) >= 11 is 0. The normalized spacial score (nSPS) is 24.7. The van der Waals surface area contributed by atoms with Gasteiger partial charge in [-0.15, -0.1) is 0 Å². The number of nitrogens with zero attached hydrogens (tertiary/aromatic N) is 4. The van der Waals surface area contributed by atoms with Crippen molar-refractivity contribution < 1.29 is 9.53 Å². The Bertz CT molecular complexity index is 742. The Hall–Kier alpha value is -1.73. The third-order valence-electron chi connectivity index (χ3n) is 6.50. The van der Waals surface area contributed by atoms with Gasteiger partial charge in [0, 0.05) is 69.3 Å². The number of carbonyl (C=O) groups is 1. The Morgan fingerprint density at radius 1 is 1.26 bits per heavy atom. The van der Waals surface area contributed by atoms with Crippen molar-refractivity contribution in [3.05, 3.63) is 17.6 Å². The van der Waals surface area contributed by atoms with E-state index in [0.717, 1.165) is 68.7 Å². The molecule has 1 aromatic rings.